The van der Waals surface area contributed by atoms with E-state index in [0.717, 1.165) is 24.8 Å². The lowest BCUT2D eigenvalue weighted by molar-refractivity contribution is -0.174. The number of cyclic esters (lactones) is 1. The normalized spacial score (nSPS) is 32.7. The summed E-state index contributed by atoms with van der Waals surface area (Å²) >= 11 is 0. The fraction of sp³-hybridized carbons (Fsp3) is 0.750. The number of methoxy groups -OCH3 is 1. The highest BCUT2D eigenvalue weighted by molar-refractivity contribution is 5.85. The number of aliphatic carboxylic acids is 1. The van der Waals surface area contributed by atoms with Crippen molar-refractivity contribution >= 4 is 17.7 Å². The number of rotatable bonds is 8. The molecule has 0 aromatic rings. The van der Waals surface area contributed by atoms with Crippen molar-refractivity contribution in [2.24, 2.45) is 23.7 Å². The van der Waals surface area contributed by atoms with Crippen LogP contribution in [0.5, 0.6) is 0 Å². The zero-order valence-corrected chi connectivity index (χ0v) is 23.0. The van der Waals surface area contributed by atoms with E-state index in [1.807, 2.05) is 19.1 Å². The van der Waals surface area contributed by atoms with E-state index in [-0.39, 0.29) is 18.1 Å². The number of carbonyl (C=O) groups is 3. The first-order valence-electron chi connectivity index (χ1n) is 13.0. The fourth-order valence-electron chi connectivity index (χ4n) is 5.08. The molecule has 1 fully saturated rings. The number of hydrogen-bond donors (Lipinski definition) is 1. The first-order chi connectivity index (χ1) is 16.8. The van der Waals surface area contributed by atoms with Crippen LogP contribution in [0.1, 0.15) is 74.1 Å². The van der Waals surface area contributed by atoms with Gasteiger partial charge in [0.05, 0.1) is 12.5 Å². The maximum absolute atomic E-state index is 13.3. The number of carboxylic acid groups (broad SMARTS) is 1. The Bertz CT molecular complexity index is 844. The van der Waals surface area contributed by atoms with Gasteiger partial charge in [0.25, 0.3) is 0 Å². The van der Waals surface area contributed by atoms with Crippen LogP contribution in [0.25, 0.3) is 0 Å². The summed E-state index contributed by atoms with van der Waals surface area (Å²) in [7, 11) is 1.41. The lowest BCUT2D eigenvalue weighted by Gasteiger charge is -2.28. The average Bonchev–Trinajstić information content (AvgIpc) is 3.11. The molecule has 8 nitrogen and oxygen atoms in total. The standard InChI is InChI=1S/C28H44O8/c1-16-10-9-11-17(2)25(34-27(32)26-21(13-12-16)35-28(6,7)36-26)19(4)14-18(3)24(31)20(5)22(33-8)15-23(29)30/h12-14,16-18,20-22,25-26H,9-11,15H2,1-8H3,(H,29,30)/b13-12+,19-14+/t16-,17+,18-,20-,21-,22-,25+,26-/m1/s1. The van der Waals surface area contributed by atoms with Crippen LogP contribution in [0.3, 0.4) is 0 Å². The molecular weight excluding hydrogens is 464 g/mol. The summed E-state index contributed by atoms with van der Waals surface area (Å²) in [5.41, 5.74) is 0.784. The molecule has 0 spiro atoms. The Morgan fingerprint density at radius 2 is 1.86 bits per heavy atom. The molecule has 2 aliphatic heterocycles. The molecule has 0 bridgehead atoms. The second kappa shape index (κ2) is 13.0. The van der Waals surface area contributed by atoms with Crippen LogP contribution in [0.2, 0.25) is 0 Å². The van der Waals surface area contributed by atoms with Crippen LogP contribution in [-0.2, 0) is 33.3 Å². The van der Waals surface area contributed by atoms with Crippen molar-refractivity contribution in [1.29, 1.82) is 0 Å². The Kier molecular flexibility index (Phi) is 10.9. The summed E-state index contributed by atoms with van der Waals surface area (Å²) in [6.45, 7) is 13.1. The van der Waals surface area contributed by atoms with Gasteiger partial charge in [-0.15, -0.1) is 0 Å². The molecule has 0 unspecified atom stereocenters. The van der Waals surface area contributed by atoms with Gasteiger partial charge in [0.2, 0.25) is 0 Å². The second-order valence-corrected chi connectivity index (χ2v) is 10.9. The van der Waals surface area contributed by atoms with Crippen LogP contribution in [0.15, 0.2) is 23.8 Å². The van der Waals surface area contributed by atoms with Crippen molar-refractivity contribution in [3.05, 3.63) is 23.8 Å². The van der Waals surface area contributed by atoms with E-state index in [0.29, 0.717) is 5.92 Å². The molecule has 0 aromatic carbocycles. The zero-order valence-electron chi connectivity index (χ0n) is 23.0. The van der Waals surface area contributed by atoms with Gasteiger partial charge in [0.1, 0.15) is 18.0 Å². The molecule has 0 aromatic heterocycles. The topological polar surface area (TPSA) is 108 Å². The Morgan fingerprint density at radius 3 is 2.47 bits per heavy atom. The van der Waals surface area contributed by atoms with E-state index in [4.69, 9.17) is 24.1 Å². The smallest absolute Gasteiger partial charge is 0.339 e. The number of esters is 1. The third-order valence-corrected chi connectivity index (χ3v) is 7.17. The minimum Gasteiger partial charge on any atom is -0.481 e. The predicted molar refractivity (Wildman–Crippen MR) is 135 cm³/mol. The highest BCUT2D eigenvalue weighted by Crippen LogP contribution is 2.33. The molecule has 1 N–H and O–H groups in total. The predicted octanol–water partition coefficient (Wildman–Crippen LogP) is 4.71. The third-order valence-electron chi connectivity index (χ3n) is 7.17. The number of allylic oxidation sites excluding steroid dienone is 2. The Hall–Kier alpha value is -2.03. The Labute approximate surface area is 215 Å². The van der Waals surface area contributed by atoms with Gasteiger partial charge in [-0.3, -0.25) is 9.59 Å². The molecule has 0 radical (unpaired) electrons. The average molecular weight is 509 g/mol. The van der Waals surface area contributed by atoms with Gasteiger partial charge in [-0.25, -0.2) is 4.79 Å². The highest BCUT2D eigenvalue weighted by Gasteiger charge is 2.46. The van der Waals surface area contributed by atoms with Crippen molar-refractivity contribution in [1.82, 2.24) is 0 Å². The second-order valence-electron chi connectivity index (χ2n) is 10.9. The molecule has 36 heavy (non-hydrogen) atoms. The van der Waals surface area contributed by atoms with Gasteiger partial charge in [-0.1, -0.05) is 52.3 Å². The summed E-state index contributed by atoms with van der Waals surface area (Å²) < 4.78 is 23.2. The molecule has 2 rings (SSSR count). The summed E-state index contributed by atoms with van der Waals surface area (Å²) in [4.78, 5) is 37.5. The Morgan fingerprint density at radius 1 is 1.19 bits per heavy atom. The van der Waals surface area contributed by atoms with Gasteiger partial charge >= 0.3 is 11.9 Å². The molecule has 1 saturated heterocycles. The van der Waals surface area contributed by atoms with E-state index in [9.17, 15) is 14.4 Å². The van der Waals surface area contributed by atoms with Gasteiger partial charge in [0.15, 0.2) is 11.9 Å². The lowest BCUT2D eigenvalue weighted by atomic mass is 9.86. The minimum absolute atomic E-state index is 0.0352. The number of ketones is 1. The maximum atomic E-state index is 13.3. The molecule has 2 aliphatic rings. The van der Waals surface area contributed by atoms with Crippen LogP contribution in [0, 0.1) is 23.7 Å². The minimum atomic E-state index is -1.02. The van der Waals surface area contributed by atoms with Gasteiger partial charge in [-0.05, 0) is 51.0 Å². The van der Waals surface area contributed by atoms with Gasteiger partial charge < -0.3 is 24.1 Å². The van der Waals surface area contributed by atoms with E-state index >= 15 is 0 Å². The van der Waals surface area contributed by atoms with Gasteiger partial charge in [0, 0.05) is 18.9 Å². The number of ether oxygens (including phenoxy) is 4. The van der Waals surface area contributed by atoms with Crippen molar-refractivity contribution in [3.63, 3.8) is 0 Å². The largest absolute Gasteiger partial charge is 0.481 e. The maximum Gasteiger partial charge on any atom is 0.339 e. The van der Waals surface area contributed by atoms with Crippen LogP contribution in [0.4, 0.5) is 0 Å². The van der Waals surface area contributed by atoms with E-state index in [1.165, 1.54) is 7.11 Å². The molecule has 0 aliphatic carbocycles. The van der Waals surface area contributed by atoms with Crippen LogP contribution < -0.4 is 0 Å². The molecule has 8 atom stereocenters. The van der Waals surface area contributed by atoms with Crippen LogP contribution >= 0.6 is 0 Å². The monoisotopic (exact) mass is 508 g/mol. The van der Waals surface area contributed by atoms with E-state index in [2.05, 4.69) is 19.9 Å². The van der Waals surface area contributed by atoms with Crippen molar-refractivity contribution < 1.29 is 38.4 Å². The SMILES string of the molecule is CO[C@H](CC(=O)O)[C@@H](C)C(=O)[C@H](C)/C=C(\C)[C@H]1OC(=O)[C@@H]2OC(C)(C)O[C@@H]2/C=C/[C@H](C)CCC[C@@H]1C. The number of fused-ring (bicyclic) bond motifs is 1. The number of Topliss-reactive ketones (excluding diaryl/α,β-unsaturated/α-hetero) is 1. The molecule has 0 amide bonds. The number of carbonyl (C=O) groups excluding carboxylic acids is 2. The van der Waals surface area contributed by atoms with Crippen molar-refractivity contribution in [2.45, 2.75) is 104 Å². The van der Waals surface area contributed by atoms with Crippen molar-refractivity contribution in [2.75, 3.05) is 7.11 Å². The molecule has 2 heterocycles. The molecule has 8 heteroatoms. The van der Waals surface area contributed by atoms with Gasteiger partial charge in [-0.2, -0.15) is 0 Å². The Balaban J connectivity index is 2.27. The summed E-state index contributed by atoms with van der Waals surface area (Å²) in [5, 5.41) is 9.12. The van der Waals surface area contributed by atoms with Crippen LogP contribution in [-0.4, -0.2) is 60.1 Å². The number of hydrogen-bond acceptors (Lipinski definition) is 7. The quantitative estimate of drug-likeness (QED) is 0.371. The highest BCUT2D eigenvalue weighted by atomic mass is 16.8. The van der Waals surface area contributed by atoms with E-state index < -0.39 is 54.0 Å². The third kappa shape index (κ3) is 8.25. The first kappa shape index (κ1) is 30.2. The summed E-state index contributed by atoms with van der Waals surface area (Å²) in [6, 6.07) is 0. The first-order valence-corrected chi connectivity index (χ1v) is 13.0. The summed E-state index contributed by atoms with van der Waals surface area (Å²) in [5.74, 6) is -3.25. The fourth-order valence-corrected chi connectivity index (χ4v) is 5.08. The zero-order chi connectivity index (χ0) is 27.2. The molecular formula is C28H44O8. The summed E-state index contributed by atoms with van der Waals surface area (Å²) in [6.07, 6.45) is 5.76. The van der Waals surface area contributed by atoms with E-state index in [1.54, 1.807) is 27.7 Å². The number of carboxylic acids is 1. The molecule has 204 valence electrons. The molecule has 0 saturated carbocycles. The lowest BCUT2D eigenvalue weighted by Crippen LogP contribution is -2.38. The van der Waals surface area contributed by atoms with Crippen molar-refractivity contribution in [3.8, 4) is 0 Å².